The van der Waals surface area contributed by atoms with Crippen LogP contribution in [0.1, 0.15) is 117 Å². The molecule has 10 fully saturated rings. The predicted octanol–water partition coefficient (Wildman–Crippen LogP) is 6.24. The first-order valence-corrected chi connectivity index (χ1v) is 18.4. The number of esters is 3. The molecule has 0 aliphatic heterocycles. The van der Waals surface area contributed by atoms with Gasteiger partial charge in [0.05, 0.1) is 12.8 Å². The van der Waals surface area contributed by atoms with Crippen LogP contribution in [-0.2, 0) is 28.6 Å². The van der Waals surface area contributed by atoms with Gasteiger partial charge in [0.15, 0.2) is 5.60 Å². The Labute approximate surface area is 262 Å². The van der Waals surface area contributed by atoms with E-state index in [1.165, 1.54) is 19.3 Å². The predicted molar refractivity (Wildman–Crippen MR) is 162 cm³/mol. The van der Waals surface area contributed by atoms with E-state index >= 15 is 0 Å². The van der Waals surface area contributed by atoms with Gasteiger partial charge in [0.25, 0.3) is 0 Å². The summed E-state index contributed by atoms with van der Waals surface area (Å²) < 4.78 is 18.4. The molecular weight excluding hydrogens is 556 g/mol. The molecule has 0 saturated heterocycles. The molecule has 0 heterocycles. The Hall–Kier alpha value is -1.63. The smallest absolute Gasteiger partial charge is 0.339 e. The highest BCUT2D eigenvalue weighted by atomic mass is 16.6. The zero-order valence-corrected chi connectivity index (χ0v) is 26.9. The minimum atomic E-state index is -2.29. The van der Waals surface area contributed by atoms with Gasteiger partial charge < -0.3 is 19.3 Å². The second-order valence-corrected chi connectivity index (χ2v) is 17.7. The van der Waals surface area contributed by atoms with E-state index < -0.39 is 36.4 Å². The maximum Gasteiger partial charge on any atom is 0.339 e. The molecule has 5 unspecified atom stereocenters. The van der Waals surface area contributed by atoms with E-state index in [0.717, 1.165) is 94.3 Å². The number of rotatable bonds is 8. The summed E-state index contributed by atoms with van der Waals surface area (Å²) in [7, 11) is 0. The maximum atomic E-state index is 14.0. The van der Waals surface area contributed by atoms with E-state index in [-0.39, 0.29) is 30.1 Å². The summed E-state index contributed by atoms with van der Waals surface area (Å²) in [6.45, 7) is 4.40. The van der Waals surface area contributed by atoms with Gasteiger partial charge in [-0.25, -0.2) is 4.79 Å². The molecule has 0 aromatic carbocycles. The van der Waals surface area contributed by atoms with Crippen molar-refractivity contribution < 1.29 is 33.7 Å². The average Bonchev–Trinajstić information content (AvgIpc) is 2.93. The van der Waals surface area contributed by atoms with Crippen LogP contribution in [0.5, 0.6) is 0 Å². The fourth-order valence-corrected chi connectivity index (χ4v) is 13.0. The average molecular weight is 611 g/mol. The van der Waals surface area contributed by atoms with Crippen LogP contribution < -0.4 is 0 Å². The van der Waals surface area contributed by atoms with Gasteiger partial charge in [-0.2, -0.15) is 0 Å². The molecule has 244 valence electrons. The van der Waals surface area contributed by atoms with Gasteiger partial charge >= 0.3 is 17.9 Å². The van der Waals surface area contributed by atoms with Crippen LogP contribution in [0.2, 0.25) is 0 Å². The molecule has 0 amide bonds. The molecule has 10 saturated carbocycles. The number of aliphatic hydroxyl groups is 1. The van der Waals surface area contributed by atoms with Gasteiger partial charge in [-0.1, -0.05) is 13.8 Å². The van der Waals surface area contributed by atoms with Crippen molar-refractivity contribution in [2.75, 3.05) is 0 Å². The highest BCUT2D eigenvalue weighted by molar-refractivity contribution is 5.90. The third-order valence-electron chi connectivity index (χ3n) is 14.1. The first kappa shape index (κ1) is 29.8. The Morgan fingerprint density at radius 3 is 1.34 bits per heavy atom. The summed E-state index contributed by atoms with van der Waals surface area (Å²) in [6.07, 6.45) is 14.0. The molecular formula is C37H54O7. The van der Waals surface area contributed by atoms with E-state index in [9.17, 15) is 19.5 Å². The van der Waals surface area contributed by atoms with Crippen LogP contribution in [0.3, 0.4) is 0 Å². The minimum absolute atomic E-state index is 0.144. The molecule has 5 atom stereocenters. The van der Waals surface area contributed by atoms with Gasteiger partial charge in [0.2, 0.25) is 0 Å². The molecule has 0 aromatic rings. The quantitative estimate of drug-likeness (QED) is 0.257. The van der Waals surface area contributed by atoms with Gasteiger partial charge in [-0.05, 0) is 161 Å². The van der Waals surface area contributed by atoms with E-state index in [4.69, 9.17) is 14.2 Å². The molecule has 0 radical (unpaired) electrons. The van der Waals surface area contributed by atoms with Crippen LogP contribution in [-0.4, -0.2) is 46.9 Å². The molecule has 7 nitrogen and oxygen atoms in total. The van der Waals surface area contributed by atoms with E-state index in [2.05, 4.69) is 13.8 Å². The van der Waals surface area contributed by atoms with Crippen molar-refractivity contribution in [1.29, 1.82) is 0 Å². The second kappa shape index (κ2) is 11.3. The highest BCUT2D eigenvalue weighted by Gasteiger charge is 2.54. The maximum absolute atomic E-state index is 14.0. The summed E-state index contributed by atoms with van der Waals surface area (Å²) in [6, 6.07) is 0. The lowest BCUT2D eigenvalue weighted by atomic mass is 9.55. The summed E-state index contributed by atoms with van der Waals surface area (Å²) in [5.74, 6) is 4.13. The van der Waals surface area contributed by atoms with Crippen LogP contribution in [0.25, 0.3) is 0 Å². The Morgan fingerprint density at radius 2 is 0.909 bits per heavy atom. The fourth-order valence-electron chi connectivity index (χ4n) is 13.0. The van der Waals surface area contributed by atoms with Crippen molar-refractivity contribution in [3.8, 4) is 0 Å². The highest BCUT2D eigenvalue weighted by Crippen LogP contribution is 2.56. The number of carbonyl (C=O) groups is 3. The van der Waals surface area contributed by atoms with Gasteiger partial charge in [0, 0.05) is 0 Å². The molecule has 10 aliphatic carbocycles. The molecule has 10 aliphatic rings. The number of ether oxygens (including phenoxy) is 3. The van der Waals surface area contributed by atoms with Crippen LogP contribution in [0, 0.1) is 71.0 Å². The molecule has 10 bridgehead atoms. The summed E-state index contributed by atoms with van der Waals surface area (Å²) >= 11 is 0. The minimum Gasteiger partial charge on any atom is -0.462 e. The third kappa shape index (κ3) is 5.53. The van der Waals surface area contributed by atoms with Gasteiger partial charge in [-0.15, -0.1) is 0 Å². The van der Waals surface area contributed by atoms with Crippen LogP contribution in [0.4, 0.5) is 0 Å². The fraction of sp³-hybridized carbons (Fsp3) is 0.919. The SMILES string of the molecule is CC1CC2CC(C)C(OC(=O)C(O)(CC(=O)OC3C4CC5CC(C4)CC3C5)CC(=O)OC3C4CC5CC(C4)CC3C5)C(C1)C2. The topological polar surface area (TPSA) is 99.1 Å². The molecule has 0 spiro atoms. The van der Waals surface area contributed by atoms with E-state index in [1.807, 2.05) is 0 Å². The van der Waals surface area contributed by atoms with Gasteiger partial charge in [0.1, 0.15) is 18.3 Å². The zero-order valence-electron chi connectivity index (χ0n) is 26.9. The van der Waals surface area contributed by atoms with Crippen LogP contribution >= 0.6 is 0 Å². The summed E-state index contributed by atoms with van der Waals surface area (Å²) in [4.78, 5) is 41.1. The van der Waals surface area contributed by atoms with Crippen molar-refractivity contribution >= 4 is 17.9 Å². The standard InChI is InChI=1S/C37H54O7/c1-19-3-21-5-20(2)33(26(4-19)8-21)44-36(40)37(41,17-31(38)42-34-27-9-22-6-23(11-27)12-28(34)10-22)18-32(39)43-35-29-13-24-7-25(15-29)16-30(35)14-24/h19-30,33-35,41H,3-18H2,1-2H3. The van der Waals surface area contributed by atoms with Gasteiger partial charge in [-0.3, -0.25) is 9.59 Å². The second-order valence-electron chi connectivity index (χ2n) is 17.7. The lowest BCUT2D eigenvalue weighted by Gasteiger charge is -2.53. The Balaban J connectivity index is 0.974. The largest absolute Gasteiger partial charge is 0.462 e. The number of fused-ring (bicyclic) bond motifs is 2. The lowest BCUT2D eigenvalue weighted by molar-refractivity contribution is -0.198. The number of hydrogen-bond donors (Lipinski definition) is 1. The first-order chi connectivity index (χ1) is 21.1. The normalized spacial score (nSPS) is 49.3. The Bertz CT molecular complexity index is 1030. The van der Waals surface area contributed by atoms with Crippen molar-refractivity contribution in [1.82, 2.24) is 0 Å². The molecule has 10 rings (SSSR count). The zero-order chi connectivity index (χ0) is 30.3. The monoisotopic (exact) mass is 610 g/mol. The molecule has 1 N–H and O–H groups in total. The molecule has 44 heavy (non-hydrogen) atoms. The lowest BCUT2D eigenvalue weighted by Crippen LogP contribution is -2.53. The summed E-state index contributed by atoms with van der Waals surface area (Å²) in [5.41, 5.74) is -2.29. The van der Waals surface area contributed by atoms with Crippen molar-refractivity contribution in [3.05, 3.63) is 0 Å². The summed E-state index contributed by atoms with van der Waals surface area (Å²) in [5, 5.41) is 12.0. The van der Waals surface area contributed by atoms with Crippen LogP contribution in [0.15, 0.2) is 0 Å². The van der Waals surface area contributed by atoms with E-state index in [1.54, 1.807) is 0 Å². The van der Waals surface area contributed by atoms with E-state index in [0.29, 0.717) is 35.5 Å². The van der Waals surface area contributed by atoms with Crippen molar-refractivity contribution in [2.24, 2.45) is 71.0 Å². The molecule has 7 heteroatoms. The third-order valence-corrected chi connectivity index (χ3v) is 14.1. The number of carbonyl (C=O) groups excluding carboxylic acids is 3. The number of hydrogen-bond acceptors (Lipinski definition) is 7. The Kier molecular flexibility index (Phi) is 7.62. The van der Waals surface area contributed by atoms with Crippen molar-refractivity contribution in [3.63, 3.8) is 0 Å². The van der Waals surface area contributed by atoms with Crippen molar-refractivity contribution in [2.45, 2.75) is 140 Å². The Morgan fingerprint density at radius 1 is 0.523 bits per heavy atom. The first-order valence-electron chi connectivity index (χ1n) is 18.4. The molecule has 0 aromatic heterocycles.